The van der Waals surface area contributed by atoms with Crippen molar-refractivity contribution in [2.75, 3.05) is 49.1 Å². The molecule has 3 fully saturated rings. The number of hydrogen-bond acceptors (Lipinski definition) is 7. The zero-order valence-electron chi connectivity index (χ0n) is 18.2. The number of nitrogens with zero attached hydrogens (tertiary/aromatic N) is 5. The number of fused-ring (bicyclic) bond motifs is 1. The van der Waals surface area contributed by atoms with Crippen LogP contribution in [0.15, 0.2) is 36.8 Å². The molecule has 0 bridgehead atoms. The fourth-order valence-electron chi connectivity index (χ4n) is 4.85. The molecule has 5 rings (SSSR count). The lowest BCUT2D eigenvalue weighted by Gasteiger charge is -2.28. The predicted molar refractivity (Wildman–Crippen MR) is 121 cm³/mol. The maximum Gasteiger partial charge on any atom is 0.244 e. The molecule has 2 saturated heterocycles. The zero-order valence-corrected chi connectivity index (χ0v) is 18.2. The van der Waals surface area contributed by atoms with Crippen molar-refractivity contribution in [2.24, 2.45) is 17.8 Å². The van der Waals surface area contributed by atoms with E-state index in [1.54, 1.807) is 23.4 Å². The molecule has 0 radical (unpaired) electrons. The normalized spacial score (nSPS) is 24.0. The molecule has 172 valence electrons. The highest BCUT2D eigenvalue weighted by atomic mass is 19.1. The standard InChI is InChI=1S/C23H26FN7O2/c24-19-11-28-23(30-9-8-27-21(33)14-30)29-22(19)31-12-17-16(18(17)13-31)5-7-26-20(32)4-3-15-2-1-6-25-10-15/h1-4,6,10-11,16-18H,5,7-9,12-14H2,(H,26,32)(H,27,33)/b4-3+/t16-,17-,18+. The van der Waals surface area contributed by atoms with Gasteiger partial charge in [-0.25, -0.2) is 9.37 Å². The van der Waals surface area contributed by atoms with Crippen LogP contribution in [0.1, 0.15) is 12.0 Å². The van der Waals surface area contributed by atoms with Crippen LogP contribution in [0, 0.1) is 23.6 Å². The Labute approximate surface area is 191 Å². The molecule has 2 aliphatic heterocycles. The van der Waals surface area contributed by atoms with Gasteiger partial charge in [0, 0.05) is 51.2 Å². The summed E-state index contributed by atoms with van der Waals surface area (Å²) in [6, 6.07) is 3.72. The van der Waals surface area contributed by atoms with Gasteiger partial charge in [0.25, 0.3) is 0 Å². The van der Waals surface area contributed by atoms with Crippen molar-refractivity contribution < 1.29 is 14.0 Å². The topological polar surface area (TPSA) is 103 Å². The molecular weight excluding hydrogens is 425 g/mol. The van der Waals surface area contributed by atoms with Crippen LogP contribution in [0.4, 0.5) is 16.2 Å². The van der Waals surface area contributed by atoms with Crippen LogP contribution in [-0.4, -0.2) is 66.0 Å². The van der Waals surface area contributed by atoms with Crippen LogP contribution in [0.3, 0.4) is 0 Å². The van der Waals surface area contributed by atoms with Crippen LogP contribution in [0.25, 0.3) is 6.08 Å². The number of anilines is 2. The third-order valence-electron chi connectivity index (χ3n) is 6.59. The first kappa shape index (κ1) is 21.3. The summed E-state index contributed by atoms with van der Waals surface area (Å²) in [6.07, 6.45) is 8.77. The van der Waals surface area contributed by atoms with Gasteiger partial charge in [-0.2, -0.15) is 4.98 Å². The summed E-state index contributed by atoms with van der Waals surface area (Å²) in [6.45, 7) is 3.43. The van der Waals surface area contributed by atoms with E-state index in [9.17, 15) is 14.0 Å². The molecule has 1 aliphatic carbocycles. The van der Waals surface area contributed by atoms with Crippen LogP contribution < -0.4 is 20.4 Å². The Kier molecular flexibility index (Phi) is 5.89. The lowest BCUT2D eigenvalue weighted by Crippen LogP contribution is -2.48. The summed E-state index contributed by atoms with van der Waals surface area (Å²) in [5, 5.41) is 5.70. The van der Waals surface area contributed by atoms with Gasteiger partial charge in [-0.15, -0.1) is 0 Å². The number of rotatable bonds is 7. The maximum atomic E-state index is 14.5. The Morgan fingerprint density at radius 3 is 2.88 bits per heavy atom. The molecule has 2 aromatic heterocycles. The number of aromatic nitrogens is 3. The predicted octanol–water partition coefficient (Wildman–Crippen LogP) is 0.849. The van der Waals surface area contributed by atoms with E-state index in [4.69, 9.17) is 0 Å². The van der Waals surface area contributed by atoms with Crippen molar-refractivity contribution in [1.82, 2.24) is 25.6 Å². The number of carbonyl (C=O) groups is 2. The van der Waals surface area contributed by atoms with Gasteiger partial charge in [0.05, 0.1) is 12.7 Å². The zero-order chi connectivity index (χ0) is 22.8. The second-order valence-electron chi connectivity index (χ2n) is 8.71. The molecule has 9 nitrogen and oxygen atoms in total. The highest BCUT2D eigenvalue weighted by Gasteiger charge is 2.55. The van der Waals surface area contributed by atoms with Gasteiger partial charge in [0.1, 0.15) is 0 Å². The number of pyridine rings is 1. The first-order valence-corrected chi connectivity index (χ1v) is 11.2. The Hall–Kier alpha value is -3.56. The average Bonchev–Trinajstić information content (AvgIpc) is 3.27. The Balaban J connectivity index is 1.09. The maximum absolute atomic E-state index is 14.5. The van der Waals surface area contributed by atoms with Gasteiger partial charge in [0.2, 0.25) is 17.8 Å². The summed E-state index contributed by atoms with van der Waals surface area (Å²) in [5.74, 6) is 1.59. The molecule has 2 amide bonds. The molecular formula is C23H26FN7O2. The summed E-state index contributed by atoms with van der Waals surface area (Å²) >= 11 is 0. The number of hydrogen-bond donors (Lipinski definition) is 2. The SMILES string of the molecule is O=C(/C=C/c1cccnc1)NCC[C@@H]1[C@H]2CN(c3nc(N4CCNC(=O)C4)ncc3F)C[C@@H]12. The Morgan fingerprint density at radius 1 is 1.27 bits per heavy atom. The highest BCUT2D eigenvalue weighted by Crippen LogP contribution is 2.54. The van der Waals surface area contributed by atoms with Gasteiger partial charge in [-0.05, 0) is 41.9 Å². The number of nitrogens with one attached hydrogen (secondary N) is 2. The molecule has 0 aromatic carbocycles. The van der Waals surface area contributed by atoms with Gasteiger partial charge < -0.3 is 20.4 Å². The van der Waals surface area contributed by atoms with E-state index in [2.05, 4.69) is 25.6 Å². The molecule has 0 unspecified atom stereocenters. The molecule has 3 atom stereocenters. The second-order valence-corrected chi connectivity index (χ2v) is 8.71. The molecule has 4 heterocycles. The molecule has 2 N–H and O–H groups in total. The fourth-order valence-corrected chi connectivity index (χ4v) is 4.85. The smallest absolute Gasteiger partial charge is 0.244 e. The minimum atomic E-state index is -0.439. The monoisotopic (exact) mass is 451 g/mol. The first-order chi connectivity index (χ1) is 16.1. The van der Waals surface area contributed by atoms with Gasteiger partial charge in [-0.1, -0.05) is 6.07 Å². The molecule has 33 heavy (non-hydrogen) atoms. The molecule has 0 spiro atoms. The largest absolute Gasteiger partial charge is 0.353 e. The van der Waals surface area contributed by atoms with Crippen LogP contribution >= 0.6 is 0 Å². The van der Waals surface area contributed by atoms with Crippen LogP contribution in [0.5, 0.6) is 0 Å². The van der Waals surface area contributed by atoms with E-state index in [0.717, 1.165) is 25.1 Å². The van der Waals surface area contributed by atoms with Crippen molar-refractivity contribution in [1.29, 1.82) is 0 Å². The van der Waals surface area contributed by atoms with E-state index >= 15 is 0 Å². The number of amides is 2. The Bertz CT molecular complexity index is 1050. The minimum absolute atomic E-state index is 0.0827. The number of piperidine rings is 1. The van der Waals surface area contributed by atoms with E-state index in [1.165, 1.54) is 12.3 Å². The van der Waals surface area contributed by atoms with Crippen LogP contribution in [-0.2, 0) is 9.59 Å². The van der Waals surface area contributed by atoms with Crippen molar-refractivity contribution >= 4 is 29.7 Å². The summed E-state index contributed by atoms with van der Waals surface area (Å²) in [5.41, 5.74) is 0.883. The number of carbonyl (C=O) groups excluding carboxylic acids is 2. The van der Waals surface area contributed by atoms with E-state index in [-0.39, 0.29) is 18.4 Å². The molecule has 10 heteroatoms. The lowest BCUT2D eigenvalue weighted by atomic mass is 10.2. The van der Waals surface area contributed by atoms with Gasteiger partial charge in [-0.3, -0.25) is 14.6 Å². The third-order valence-corrected chi connectivity index (χ3v) is 6.59. The average molecular weight is 452 g/mol. The quantitative estimate of drug-likeness (QED) is 0.602. The van der Waals surface area contributed by atoms with E-state index in [1.807, 2.05) is 17.0 Å². The highest BCUT2D eigenvalue weighted by molar-refractivity contribution is 5.91. The number of piperazine rings is 1. The van der Waals surface area contributed by atoms with Crippen molar-refractivity contribution in [3.8, 4) is 0 Å². The Morgan fingerprint density at radius 2 is 2.12 bits per heavy atom. The first-order valence-electron chi connectivity index (χ1n) is 11.2. The third kappa shape index (κ3) is 4.79. The van der Waals surface area contributed by atoms with Crippen molar-refractivity contribution in [3.63, 3.8) is 0 Å². The van der Waals surface area contributed by atoms with Crippen LogP contribution in [0.2, 0.25) is 0 Å². The van der Waals surface area contributed by atoms with Gasteiger partial charge >= 0.3 is 0 Å². The number of halogens is 1. The molecule has 3 aliphatic rings. The molecule has 2 aromatic rings. The van der Waals surface area contributed by atoms with E-state index in [0.29, 0.717) is 49.2 Å². The van der Waals surface area contributed by atoms with Crippen molar-refractivity contribution in [3.05, 3.63) is 48.2 Å². The lowest BCUT2D eigenvalue weighted by molar-refractivity contribution is -0.120. The summed E-state index contributed by atoms with van der Waals surface area (Å²) in [4.78, 5) is 39.9. The van der Waals surface area contributed by atoms with Gasteiger partial charge in [0.15, 0.2) is 11.6 Å². The van der Waals surface area contributed by atoms with E-state index < -0.39 is 5.82 Å². The second kappa shape index (κ2) is 9.13. The summed E-state index contributed by atoms with van der Waals surface area (Å²) < 4.78 is 14.5. The fraction of sp³-hybridized carbons (Fsp3) is 0.435. The summed E-state index contributed by atoms with van der Waals surface area (Å²) in [7, 11) is 0. The minimum Gasteiger partial charge on any atom is -0.353 e. The van der Waals surface area contributed by atoms with Crippen molar-refractivity contribution in [2.45, 2.75) is 6.42 Å². The molecule has 1 saturated carbocycles.